The van der Waals surface area contributed by atoms with Gasteiger partial charge in [0.15, 0.2) is 0 Å². The molecule has 1 saturated carbocycles. The van der Waals surface area contributed by atoms with Crippen molar-refractivity contribution in [3.05, 3.63) is 59.7 Å². The fourth-order valence-electron chi connectivity index (χ4n) is 2.92. The van der Waals surface area contributed by atoms with Gasteiger partial charge in [-0.25, -0.2) is 0 Å². The van der Waals surface area contributed by atoms with Crippen molar-refractivity contribution in [3.63, 3.8) is 0 Å². The standard InChI is InChI=1S/C20H24N2/c1-15-7-11-17(12-8-15)21-19-5-3-4-6-20(19)22-18-13-9-16(2)10-14-18/h7-14,19,21H,3-6H2,1-2H3/t19-/m0/s1. The van der Waals surface area contributed by atoms with Gasteiger partial charge >= 0.3 is 0 Å². The first-order chi connectivity index (χ1) is 10.7. The minimum Gasteiger partial charge on any atom is -0.377 e. The maximum Gasteiger partial charge on any atom is 0.0646 e. The van der Waals surface area contributed by atoms with Crippen LogP contribution in [-0.2, 0) is 0 Å². The summed E-state index contributed by atoms with van der Waals surface area (Å²) in [6.07, 6.45) is 4.78. The molecular weight excluding hydrogens is 268 g/mol. The van der Waals surface area contributed by atoms with E-state index < -0.39 is 0 Å². The Morgan fingerprint density at radius 1 is 0.864 bits per heavy atom. The van der Waals surface area contributed by atoms with Crippen molar-refractivity contribution < 1.29 is 0 Å². The largest absolute Gasteiger partial charge is 0.377 e. The summed E-state index contributed by atoms with van der Waals surface area (Å²) >= 11 is 0. The molecule has 3 rings (SSSR count). The van der Waals surface area contributed by atoms with Gasteiger partial charge in [-0.15, -0.1) is 0 Å². The van der Waals surface area contributed by atoms with E-state index >= 15 is 0 Å². The molecule has 22 heavy (non-hydrogen) atoms. The van der Waals surface area contributed by atoms with Gasteiger partial charge in [-0.3, -0.25) is 4.99 Å². The molecule has 1 aliphatic rings. The van der Waals surface area contributed by atoms with E-state index in [1.165, 1.54) is 41.8 Å². The third-order valence-electron chi connectivity index (χ3n) is 4.28. The van der Waals surface area contributed by atoms with E-state index in [0.717, 1.165) is 12.1 Å². The SMILES string of the molecule is Cc1ccc(N=C2CCCC[C@@H]2Nc2ccc(C)cc2)cc1. The fourth-order valence-corrected chi connectivity index (χ4v) is 2.92. The quantitative estimate of drug-likeness (QED) is 0.801. The van der Waals surface area contributed by atoms with Crippen LogP contribution in [-0.4, -0.2) is 11.8 Å². The highest BCUT2D eigenvalue weighted by molar-refractivity contribution is 5.94. The normalized spacial score (nSPS) is 20.1. The van der Waals surface area contributed by atoms with Crippen molar-refractivity contribution in [2.24, 2.45) is 4.99 Å². The Balaban J connectivity index is 1.78. The Morgan fingerprint density at radius 3 is 2.18 bits per heavy atom. The molecule has 114 valence electrons. The second-order valence-corrected chi connectivity index (χ2v) is 6.25. The lowest BCUT2D eigenvalue weighted by Crippen LogP contribution is -2.32. The fraction of sp³-hybridized carbons (Fsp3) is 0.350. The zero-order chi connectivity index (χ0) is 15.4. The zero-order valence-electron chi connectivity index (χ0n) is 13.5. The second-order valence-electron chi connectivity index (χ2n) is 6.25. The maximum absolute atomic E-state index is 4.91. The number of aliphatic imine (C=N–C) groups is 1. The van der Waals surface area contributed by atoms with Gasteiger partial charge in [-0.1, -0.05) is 41.8 Å². The minimum absolute atomic E-state index is 0.359. The van der Waals surface area contributed by atoms with Crippen LogP contribution in [0.3, 0.4) is 0 Å². The van der Waals surface area contributed by atoms with Gasteiger partial charge in [0.25, 0.3) is 0 Å². The molecule has 0 aromatic heterocycles. The lowest BCUT2D eigenvalue weighted by molar-refractivity contribution is 0.628. The van der Waals surface area contributed by atoms with E-state index in [-0.39, 0.29) is 0 Å². The van der Waals surface area contributed by atoms with E-state index in [1.54, 1.807) is 0 Å². The number of anilines is 1. The third-order valence-corrected chi connectivity index (χ3v) is 4.28. The molecule has 2 aromatic rings. The first kappa shape index (κ1) is 14.8. The highest BCUT2D eigenvalue weighted by Crippen LogP contribution is 2.23. The topological polar surface area (TPSA) is 24.4 Å². The summed E-state index contributed by atoms with van der Waals surface area (Å²) in [5.41, 5.74) is 6.12. The van der Waals surface area contributed by atoms with Gasteiger partial charge in [0, 0.05) is 11.4 Å². The molecule has 0 aliphatic heterocycles. The summed E-state index contributed by atoms with van der Waals surface area (Å²) < 4.78 is 0. The molecule has 0 unspecified atom stereocenters. The molecule has 1 N–H and O–H groups in total. The molecule has 1 aliphatic carbocycles. The van der Waals surface area contributed by atoms with E-state index in [0.29, 0.717) is 6.04 Å². The number of benzene rings is 2. The average Bonchev–Trinajstić information content (AvgIpc) is 2.54. The van der Waals surface area contributed by atoms with Gasteiger partial charge in [0.1, 0.15) is 0 Å². The van der Waals surface area contributed by atoms with E-state index in [4.69, 9.17) is 4.99 Å². The summed E-state index contributed by atoms with van der Waals surface area (Å²) in [4.78, 5) is 4.91. The van der Waals surface area contributed by atoms with Crippen molar-refractivity contribution in [3.8, 4) is 0 Å². The summed E-state index contributed by atoms with van der Waals surface area (Å²) in [5.74, 6) is 0. The smallest absolute Gasteiger partial charge is 0.0646 e. The Morgan fingerprint density at radius 2 is 1.50 bits per heavy atom. The molecular formula is C20H24N2. The molecule has 0 amide bonds. The van der Waals surface area contributed by atoms with Crippen LogP contribution in [0.5, 0.6) is 0 Å². The highest BCUT2D eigenvalue weighted by Gasteiger charge is 2.20. The minimum atomic E-state index is 0.359. The van der Waals surface area contributed by atoms with E-state index in [9.17, 15) is 0 Å². The molecule has 1 atom stereocenters. The van der Waals surface area contributed by atoms with Gasteiger partial charge in [0.05, 0.1) is 11.7 Å². The molecule has 2 aromatic carbocycles. The Hall–Kier alpha value is -2.09. The van der Waals surface area contributed by atoms with Crippen LogP contribution in [0.4, 0.5) is 11.4 Å². The first-order valence-electron chi connectivity index (χ1n) is 8.18. The highest BCUT2D eigenvalue weighted by atomic mass is 15.0. The summed E-state index contributed by atoms with van der Waals surface area (Å²) in [6, 6.07) is 17.5. The lowest BCUT2D eigenvalue weighted by atomic mass is 9.92. The number of nitrogens with one attached hydrogen (secondary N) is 1. The Kier molecular flexibility index (Phi) is 4.57. The van der Waals surface area contributed by atoms with Gasteiger partial charge in [-0.2, -0.15) is 0 Å². The van der Waals surface area contributed by atoms with E-state index in [1.807, 2.05) is 0 Å². The number of hydrogen-bond donors (Lipinski definition) is 1. The van der Waals surface area contributed by atoms with Crippen molar-refractivity contribution in [1.29, 1.82) is 0 Å². The van der Waals surface area contributed by atoms with Gasteiger partial charge in [-0.05, 0) is 57.4 Å². The van der Waals surface area contributed by atoms with Crippen LogP contribution >= 0.6 is 0 Å². The molecule has 0 saturated heterocycles. The van der Waals surface area contributed by atoms with Crippen molar-refractivity contribution in [2.75, 3.05) is 5.32 Å². The van der Waals surface area contributed by atoms with Crippen molar-refractivity contribution in [1.82, 2.24) is 0 Å². The number of aryl methyl sites for hydroxylation is 2. The Bertz CT molecular complexity index is 638. The first-order valence-corrected chi connectivity index (χ1v) is 8.18. The molecule has 0 heterocycles. The van der Waals surface area contributed by atoms with Gasteiger partial charge < -0.3 is 5.32 Å². The molecule has 0 bridgehead atoms. The van der Waals surface area contributed by atoms with Crippen molar-refractivity contribution >= 4 is 17.1 Å². The molecule has 0 radical (unpaired) electrons. The monoisotopic (exact) mass is 292 g/mol. The number of hydrogen-bond acceptors (Lipinski definition) is 2. The molecule has 1 fully saturated rings. The second kappa shape index (κ2) is 6.78. The third kappa shape index (κ3) is 3.76. The van der Waals surface area contributed by atoms with Crippen LogP contribution < -0.4 is 5.32 Å². The molecule has 2 nitrogen and oxygen atoms in total. The van der Waals surface area contributed by atoms with Crippen LogP contribution in [0.2, 0.25) is 0 Å². The summed E-state index contributed by atoms with van der Waals surface area (Å²) in [6.45, 7) is 4.23. The van der Waals surface area contributed by atoms with Crippen LogP contribution in [0.1, 0.15) is 36.8 Å². The predicted molar refractivity (Wildman–Crippen MR) is 95.3 cm³/mol. The summed E-state index contributed by atoms with van der Waals surface area (Å²) in [5, 5.41) is 3.66. The zero-order valence-corrected chi connectivity index (χ0v) is 13.5. The number of nitrogens with zero attached hydrogens (tertiary/aromatic N) is 1. The van der Waals surface area contributed by atoms with E-state index in [2.05, 4.69) is 67.7 Å². The van der Waals surface area contributed by atoms with Gasteiger partial charge in [0.2, 0.25) is 0 Å². The lowest BCUT2D eigenvalue weighted by Gasteiger charge is -2.26. The van der Waals surface area contributed by atoms with Crippen LogP contribution in [0, 0.1) is 13.8 Å². The maximum atomic E-state index is 4.91. The Labute approximate surface area is 133 Å². The predicted octanol–water partition coefficient (Wildman–Crippen LogP) is 5.43. The molecule has 2 heteroatoms. The number of rotatable bonds is 3. The molecule has 0 spiro atoms. The van der Waals surface area contributed by atoms with Crippen LogP contribution in [0.15, 0.2) is 53.5 Å². The summed E-state index contributed by atoms with van der Waals surface area (Å²) in [7, 11) is 0. The average molecular weight is 292 g/mol. The van der Waals surface area contributed by atoms with Crippen LogP contribution in [0.25, 0.3) is 0 Å². The van der Waals surface area contributed by atoms with Crippen molar-refractivity contribution in [2.45, 2.75) is 45.6 Å².